The summed E-state index contributed by atoms with van der Waals surface area (Å²) < 4.78 is 0. The highest BCUT2D eigenvalue weighted by atomic mass is 35.5. The van der Waals surface area contributed by atoms with E-state index in [4.69, 9.17) is 11.6 Å². The van der Waals surface area contributed by atoms with Crippen LogP contribution >= 0.6 is 22.9 Å². The first-order valence-electron chi connectivity index (χ1n) is 8.42. The molecule has 2 aliphatic heterocycles. The molecule has 0 N–H and O–H groups in total. The fraction of sp³-hybridized carbons (Fsp3) is 0.263. The Labute approximate surface area is 161 Å². The molecule has 0 saturated carbocycles. The van der Waals surface area contributed by atoms with Crippen molar-refractivity contribution in [3.63, 3.8) is 0 Å². The Balaban J connectivity index is 1.79. The Kier molecular flexibility index (Phi) is 4.56. The van der Waals surface area contributed by atoms with Crippen molar-refractivity contribution in [2.75, 3.05) is 38.1 Å². The second-order valence-electron chi connectivity index (χ2n) is 6.42. The Bertz CT molecular complexity index is 886. The van der Waals surface area contributed by atoms with E-state index >= 15 is 0 Å². The van der Waals surface area contributed by atoms with E-state index in [0.29, 0.717) is 22.0 Å². The first-order chi connectivity index (χ1) is 12.6. The van der Waals surface area contributed by atoms with Gasteiger partial charge in [-0.15, -0.1) is 11.3 Å². The van der Waals surface area contributed by atoms with Crippen LogP contribution in [-0.4, -0.2) is 54.8 Å². The predicted octanol–water partition coefficient (Wildman–Crippen LogP) is 2.93. The zero-order valence-electron chi connectivity index (χ0n) is 14.3. The average molecular weight is 388 g/mol. The van der Waals surface area contributed by atoms with E-state index in [9.17, 15) is 9.59 Å². The van der Waals surface area contributed by atoms with Gasteiger partial charge in [0.1, 0.15) is 5.70 Å². The Morgan fingerprint density at radius 2 is 1.77 bits per heavy atom. The summed E-state index contributed by atoms with van der Waals surface area (Å²) in [5.41, 5.74) is 1.51. The Hall–Kier alpha value is -2.15. The highest BCUT2D eigenvalue weighted by Gasteiger charge is 2.43. The van der Waals surface area contributed by atoms with Crippen molar-refractivity contribution in [2.24, 2.45) is 0 Å². The summed E-state index contributed by atoms with van der Waals surface area (Å²) in [7, 11) is 2.06. The number of halogens is 1. The number of amides is 2. The molecule has 2 amide bonds. The Morgan fingerprint density at radius 3 is 2.42 bits per heavy atom. The fourth-order valence-corrected chi connectivity index (χ4v) is 4.28. The van der Waals surface area contributed by atoms with Gasteiger partial charge in [-0.25, -0.2) is 4.90 Å². The molecule has 134 valence electrons. The lowest BCUT2D eigenvalue weighted by Gasteiger charge is -2.34. The second-order valence-corrected chi connectivity index (χ2v) is 7.80. The van der Waals surface area contributed by atoms with Crippen LogP contribution in [0.2, 0.25) is 5.02 Å². The summed E-state index contributed by atoms with van der Waals surface area (Å²) in [5.74, 6) is -0.557. The number of benzene rings is 1. The maximum Gasteiger partial charge on any atom is 0.282 e. The van der Waals surface area contributed by atoms with E-state index in [2.05, 4.69) is 11.9 Å². The molecule has 0 aliphatic carbocycles. The molecule has 0 atom stereocenters. The molecule has 3 heterocycles. The van der Waals surface area contributed by atoms with Crippen LogP contribution in [0.15, 0.2) is 47.5 Å². The quantitative estimate of drug-likeness (QED) is 0.759. The molecule has 1 saturated heterocycles. The number of anilines is 1. The van der Waals surface area contributed by atoms with Gasteiger partial charge in [-0.2, -0.15) is 0 Å². The number of carbonyl (C=O) groups excluding carboxylic acids is 2. The number of nitrogens with zero attached hydrogens (tertiary/aromatic N) is 3. The number of carbonyl (C=O) groups is 2. The minimum absolute atomic E-state index is 0.273. The van der Waals surface area contributed by atoms with Gasteiger partial charge in [0.25, 0.3) is 11.8 Å². The van der Waals surface area contributed by atoms with Crippen LogP contribution in [0.5, 0.6) is 0 Å². The third-order valence-electron chi connectivity index (χ3n) is 4.71. The molecule has 0 radical (unpaired) electrons. The minimum atomic E-state index is -0.284. The number of likely N-dealkylation sites (N-methyl/N-ethyl adjacent to an activating group) is 1. The standard InChI is InChI=1S/C19H18ClN3O2S/c1-21-7-9-22(10-8-21)17-16(15-6-3-11-26-15)18(24)23(19(17)25)14-5-2-4-13(20)12-14/h2-6,11-12H,7-10H2,1H3. The van der Waals surface area contributed by atoms with Crippen molar-refractivity contribution in [3.05, 3.63) is 57.4 Å². The van der Waals surface area contributed by atoms with E-state index in [-0.39, 0.29) is 11.8 Å². The predicted molar refractivity (Wildman–Crippen MR) is 104 cm³/mol. The van der Waals surface area contributed by atoms with E-state index in [1.165, 1.54) is 16.2 Å². The number of piperazine rings is 1. The van der Waals surface area contributed by atoms with Crippen molar-refractivity contribution in [1.82, 2.24) is 9.80 Å². The summed E-state index contributed by atoms with van der Waals surface area (Å²) in [6.07, 6.45) is 0. The second kappa shape index (κ2) is 6.87. The summed E-state index contributed by atoms with van der Waals surface area (Å²) in [4.78, 5) is 32.8. The van der Waals surface area contributed by atoms with Gasteiger partial charge >= 0.3 is 0 Å². The topological polar surface area (TPSA) is 43.9 Å². The zero-order chi connectivity index (χ0) is 18.3. The highest BCUT2D eigenvalue weighted by Crippen LogP contribution is 2.37. The van der Waals surface area contributed by atoms with Crippen LogP contribution in [0.3, 0.4) is 0 Å². The van der Waals surface area contributed by atoms with Crippen LogP contribution in [0.4, 0.5) is 5.69 Å². The van der Waals surface area contributed by atoms with Gasteiger partial charge in [-0.3, -0.25) is 9.59 Å². The molecule has 5 nitrogen and oxygen atoms in total. The van der Waals surface area contributed by atoms with Gasteiger partial charge in [0.05, 0.1) is 11.3 Å². The Morgan fingerprint density at radius 1 is 1.00 bits per heavy atom. The largest absolute Gasteiger partial charge is 0.364 e. The third kappa shape index (κ3) is 2.94. The van der Waals surface area contributed by atoms with Gasteiger partial charge < -0.3 is 9.80 Å². The number of hydrogen-bond donors (Lipinski definition) is 0. The summed E-state index contributed by atoms with van der Waals surface area (Å²) in [5, 5.41) is 2.41. The summed E-state index contributed by atoms with van der Waals surface area (Å²) >= 11 is 7.55. The average Bonchev–Trinajstić information content (AvgIpc) is 3.22. The smallest absolute Gasteiger partial charge is 0.282 e. The zero-order valence-corrected chi connectivity index (χ0v) is 15.9. The van der Waals surface area contributed by atoms with E-state index in [0.717, 1.165) is 31.1 Å². The molecule has 1 fully saturated rings. The molecule has 0 spiro atoms. The lowest BCUT2D eigenvalue weighted by atomic mass is 10.1. The number of hydrogen-bond acceptors (Lipinski definition) is 5. The van der Waals surface area contributed by atoms with E-state index in [1.54, 1.807) is 24.3 Å². The molecular weight excluding hydrogens is 370 g/mol. The maximum atomic E-state index is 13.3. The molecule has 0 bridgehead atoms. The molecule has 1 aromatic heterocycles. The summed E-state index contributed by atoms with van der Waals surface area (Å²) in [6.45, 7) is 3.17. The molecule has 26 heavy (non-hydrogen) atoms. The van der Waals surface area contributed by atoms with Crippen LogP contribution in [-0.2, 0) is 9.59 Å². The SMILES string of the molecule is CN1CCN(C2=C(c3cccs3)C(=O)N(c3cccc(Cl)c3)C2=O)CC1. The van der Waals surface area contributed by atoms with Crippen LogP contribution < -0.4 is 4.90 Å². The van der Waals surface area contributed by atoms with Crippen molar-refractivity contribution in [3.8, 4) is 0 Å². The number of thiophene rings is 1. The molecule has 1 aromatic carbocycles. The third-order valence-corrected chi connectivity index (χ3v) is 5.84. The monoisotopic (exact) mass is 387 g/mol. The fourth-order valence-electron chi connectivity index (χ4n) is 3.33. The lowest BCUT2D eigenvalue weighted by Crippen LogP contribution is -2.46. The molecule has 2 aromatic rings. The minimum Gasteiger partial charge on any atom is -0.364 e. The lowest BCUT2D eigenvalue weighted by molar-refractivity contribution is -0.120. The van der Waals surface area contributed by atoms with Gasteiger partial charge in [0.15, 0.2) is 0 Å². The summed E-state index contributed by atoms with van der Waals surface area (Å²) in [6, 6.07) is 10.6. The first-order valence-corrected chi connectivity index (χ1v) is 9.68. The van der Waals surface area contributed by atoms with Gasteiger partial charge in [-0.05, 0) is 36.7 Å². The van der Waals surface area contributed by atoms with Crippen molar-refractivity contribution in [2.45, 2.75) is 0 Å². The van der Waals surface area contributed by atoms with Crippen molar-refractivity contribution in [1.29, 1.82) is 0 Å². The molecular formula is C19H18ClN3O2S. The van der Waals surface area contributed by atoms with Gasteiger partial charge in [0.2, 0.25) is 0 Å². The molecule has 4 rings (SSSR count). The van der Waals surface area contributed by atoms with Crippen LogP contribution in [0.1, 0.15) is 4.88 Å². The van der Waals surface area contributed by atoms with Crippen molar-refractivity contribution < 1.29 is 9.59 Å². The van der Waals surface area contributed by atoms with Gasteiger partial charge in [0, 0.05) is 36.1 Å². The van der Waals surface area contributed by atoms with Crippen LogP contribution in [0.25, 0.3) is 5.57 Å². The molecule has 0 unspecified atom stereocenters. The van der Waals surface area contributed by atoms with Crippen molar-refractivity contribution >= 4 is 46.0 Å². The number of rotatable bonds is 3. The maximum absolute atomic E-state index is 13.3. The van der Waals surface area contributed by atoms with Crippen LogP contribution in [0, 0.1) is 0 Å². The van der Waals surface area contributed by atoms with Gasteiger partial charge in [-0.1, -0.05) is 23.7 Å². The van der Waals surface area contributed by atoms with E-state index < -0.39 is 0 Å². The number of imide groups is 1. The van der Waals surface area contributed by atoms with E-state index in [1.807, 2.05) is 22.4 Å². The normalized spacial score (nSPS) is 19.0. The highest BCUT2D eigenvalue weighted by molar-refractivity contribution is 7.11. The molecule has 7 heteroatoms. The first kappa shape index (κ1) is 17.3. The molecule has 2 aliphatic rings.